The molecule has 0 amide bonds. The highest BCUT2D eigenvalue weighted by molar-refractivity contribution is 7.99. The van der Waals surface area contributed by atoms with Crippen molar-refractivity contribution < 1.29 is 0 Å². The van der Waals surface area contributed by atoms with Crippen LogP contribution in [0.15, 0.2) is 29.2 Å². The van der Waals surface area contributed by atoms with Crippen LogP contribution in [-0.4, -0.2) is 19.3 Å². The Bertz CT molecular complexity index is 336. The normalized spacial score (nSPS) is 9.29. The highest BCUT2D eigenvalue weighted by Gasteiger charge is 1.91. The maximum Gasteiger partial charge on any atom is 0.0577 e. The molecule has 0 aliphatic heterocycles. The molecule has 0 spiro atoms. The van der Waals surface area contributed by atoms with Crippen LogP contribution in [0.4, 0.5) is 0 Å². The second-order valence-corrected chi connectivity index (χ2v) is 4.13. The molecule has 0 aliphatic carbocycles. The molecule has 1 rings (SSSR count). The van der Waals surface area contributed by atoms with Crippen LogP contribution in [0, 0.1) is 11.8 Å². The fourth-order valence-electron chi connectivity index (χ4n) is 1.06. The van der Waals surface area contributed by atoms with Crippen molar-refractivity contribution in [3.05, 3.63) is 29.8 Å². The molecule has 1 aromatic rings. The molecule has 1 nitrogen and oxygen atoms in total. The van der Waals surface area contributed by atoms with E-state index in [1.807, 2.05) is 24.9 Å². The van der Waals surface area contributed by atoms with Crippen LogP contribution in [0.5, 0.6) is 0 Å². The molecule has 0 heterocycles. The summed E-state index contributed by atoms with van der Waals surface area (Å²) in [6.07, 6.45) is 0. The van der Waals surface area contributed by atoms with Crippen molar-refractivity contribution in [1.82, 2.24) is 5.32 Å². The minimum absolute atomic E-state index is 0.741. The van der Waals surface area contributed by atoms with E-state index in [2.05, 4.69) is 42.3 Å². The van der Waals surface area contributed by atoms with Gasteiger partial charge in [0.1, 0.15) is 0 Å². The molecule has 0 unspecified atom stereocenters. The minimum Gasteiger partial charge on any atom is -0.309 e. The van der Waals surface area contributed by atoms with E-state index in [1.165, 1.54) is 4.90 Å². The third kappa shape index (κ3) is 3.87. The first kappa shape index (κ1) is 11.2. The molecule has 0 aliphatic rings. The molecule has 1 N–H and O–H groups in total. The van der Waals surface area contributed by atoms with Gasteiger partial charge in [0.2, 0.25) is 0 Å². The Labute approximate surface area is 90.3 Å². The Morgan fingerprint density at radius 1 is 1.43 bits per heavy atom. The number of thioether (sulfide) groups is 1. The van der Waals surface area contributed by atoms with Gasteiger partial charge in [-0.05, 0) is 31.0 Å². The van der Waals surface area contributed by atoms with E-state index >= 15 is 0 Å². The molecule has 0 aromatic heterocycles. The average Bonchev–Trinajstić information content (AvgIpc) is 2.19. The number of benzene rings is 1. The van der Waals surface area contributed by atoms with Crippen molar-refractivity contribution >= 4 is 11.8 Å². The molecular weight excluding hydrogens is 190 g/mol. The van der Waals surface area contributed by atoms with Gasteiger partial charge < -0.3 is 5.32 Å². The van der Waals surface area contributed by atoms with E-state index in [-0.39, 0.29) is 0 Å². The summed E-state index contributed by atoms with van der Waals surface area (Å²) in [5.74, 6) is 7.27. The molecule has 0 saturated heterocycles. The van der Waals surface area contributed by atoms with Gasteiger partial charge in [-0.25, -0.2) is 0 Å². The first-order valence-electron chi connectivity index (χ1n) is 4.73. The van der Waals surface area contributed by atoms with Gasteiger partial charge in [-0.1, -0.05) is 24.8 Å². The zero-order valence-electron chi connectivity index (χ0n) is 8.63. The highest BCUT2D eigenvalue weighted by atomic mass is 32.2. The monoisotopic (exact) mass is 205 g/mol. The standard InChI is InChI=1S/C12H15NS/c1-3-14-12-8-4-6-11(10-12)7-5-9-13-2/h4,6,8,10,13H,3,9H2,1-2H3. The van der Waals surface area contributed by atoms with E-state index < -0.39 is 0 Å². The highest BCUT2D eigenvalue weighted by Crippen LogP contribution is 2.17. The molecule has 0 saturated carbocycles. The van der Waals surface area contributed by atoms with Gasteiger partial charge in [0.05, 0.1) is 6.54 Å². The quantitative estimate of drug-likeness (QED) is 0.600. The Kier molecular flexibility index (Phi) is 5.21. The molecule has 74 valence electrons. The van der Waals surface area contributed by atoms with Gasteiger partial charge >= 0.3 is 0 Å². The van der Waals surface area contributed by atoms with Gasteiger partial charge in [-0.3, -0.25) is 0 Å². The van der Waals surface area contributed by atoms with Crippen molar-refractivity contribution in [1.29, 1.82) is 0 Å². The lowest BCUT2D eigenvalue weighted by atomic mass is 10.2. The summed E-state index contributed by atoms with van der Waals surface area (Å²) in [5, 5.41) is 3.00. The molecule has 0 atom stereocenters. The van der Waals surface area contributed by atoms with E-state index in [0.717, 1.165) is 17.9 Å². The summed E-state index contributed by atoms with van der Waals surface area (Å²) in [6, 6.07) is 8.36. The second-order valence-electron chi connectivity index (χ2n) is 2.79. The third-order valence-corrected chi connectivity index (χ3v) is 2.52. The fraction of sp³-hybridized carbons (Fsp3) is 0.333. The van der Waals surface area contributed by atoms with E-state index in [0.29, 0.717) is 0 Å². The topological polar surface area (TPSA) is 12.0 Å². The van der Waals surface area contributed by atoms with Crippen LogP contribution in [0.2, 0.25) is 0 Å². The van der Waals surface area contributed by atoms with Crippen LogP contribution in [0.3, 0.4) is 0 Å². The van der Waals surface area contributed by atoms with E-state index in [9.17, 15) is 0 Å². The Hall–Kier alpha value is -0.910. The number of nitrogens with one attached hydrogen (secondary N) is 1. The zero-order valence-corrected chi connectivity index (χ0v) is 9.45. The molecule has 2 heteroatoms. The Morgan fingerprint density at radius 2 is 2.29 bits per heavy atom. The lowest BCUT2D eigenvalue weighted by Gasteiger charge is -1.97. The maximum atomic E-state index is 3.12. The van der Waals surface area contributed by atoms with E-state index in [4.69, 9.17) is 0 Å². The van der Waals surface area contributed by atoms with Gasteiger partial charge in [0.15, 0.2) is 0 Å². The van der Waals surface area contributed by atoms with E-state index in [1.54, 1.807) is 0 Å². The lowest BCUT2D eigenvalue weighted by Crippen LogP contribution is -2.04. The molecular formula is C12H15NS. The summed E-state index contributed by atoms with van der Waals surface area (Å²) in [7, 11) is 1.90. The van der Waals surface area contributed by atoms with Crippen LogP contribution in [-0.2, 0) is 0 Å². The number of hydrogen-bond acceptors (Lipinski definition) is 2. The van der Waals surface area contributed by atoms with Crippen molar-refractivity contribution in [2.24, 2.45) is 0 Å². The Morgan fingerprint density at radius 3 is 3.00 bits per heavy atom. The zero-order chi connectivity index (χ0) is 10.2. The molecule has 1 aromatic carbocycles. The summed E-state index contributed by atoms with van der Waals surface area (Å²) in [4.78, 5) is 1.30. The van der Waals surface area contributed by atoms with Crippen molar-refractivity contribution in [2.45, 2.75) is 11.8 Å². The smallest absolute Gasteiger partial charge is 0.0577 e. The summed E-state index contributed by atoms with van der Waals surface area (Å²) < 4.78 is 0. The van der Waals surface area contributed by atoms with Crippen LogP contribution in [0.1, 0.15) is 12.5 Å². The van der Waals surface area contributed by atoms with Crippen LogP contribution < -0.4 is 5.32 Å². The predicted octanol–water partition coefficient (Wildman–Crippen LogP) is 2.37. The second kappa shape index (κ2) is 6.53. The molecule has 0 fully saturated rings. The minimum atomic E-state index is 0.741. The van der Waals surface area contributed by atoms with Crippen molar-refractivity contribution in [2.75, 3.05) is 19.3 Å². The summed E-state index contributed by atoms with van der Waals surface area (Å²) in [5.41, 5.74) is 1.10. The first-order chi connectivity index (χ1) is 6.86. The average molecular weight is 205 g/mol. The van der Waals surface area contributed by atoms with Gasteiger partial charge in [-0.15, -0.1) is 11.8 Å². The van der Waals surface area contributed by atoms with Gasteiger partial charge in [0.25, 0.3) is 0 Å². The largest absolute Gasteiger partial charge is 0.309 e. The van der Waals surface area contributed by atoms with Crippen molar-refractivity contribution in [3.63, 3.8) is 0 Å². The Balaban J connectivity index is 2.69. The summed E-state index contributed by atoms with van der Waals surface area (Å²) in [6.45, 7) is 2.90. The molecule has 0 bridgehead atoms. The molecule has 0 radical (unpaired) electrons. The number of hydrogen-bond donors (Lipinski definition) is 1. The van der Waals surface area contributed by atoms with Crippen LogP contribution in [0.25, 0.3) is 0 Å². The third-order valence-electron chi connectivity index (χ3n) is 1.64. The fourth-order valence-corrected chi connectivity index (χ4v) is 1.78. The lowest BCUT2D eigenvalue weighted by molar-refractivity contribution is 0.938. The maximum absolute atomic E-state index is 3.12. The molecule has 14 heavy (non-hydrogen) atoms. The number of rotatable bonds is 3. The van der Waals surface area contributed by atoms with Crippen molar-refractivity contribution in [3.8, 4) is 11.8 Å². The predicted molar refractivity (Wildman–Crippen MR) is 63.6 cm³/mol. The van der Waals surface area contributed by atoms with Crippen LogP contribution >= 0.6 is 11.8 Å². The van der Waals surface area contributed by atoms with Gasteiger partial charge in [0, 0.05) is 10.5 Å². The SMILES string of the molecule is CCSc1cccc(C#CCNC)c1. The summed E-state index contributed by atoms with van der Waals surface area (Å²) >= 11 is 1.85. The van der Waals surface area contributed by atoms with Gasteiger partial charge in [-0.2, -0.15) is 0 Å². The first-order valence-corrected chi connectivity index (χ1v) is 5.71.